The van der Waals surface area contributed by atoms with E-state index in [1.165, 1.54) is 0 Å². The second kappa shape index (κ2) is 5.06. The van der Waals surface area contributed by atoms with Gasteiger partial charge >= 0.3 is 5.97 Å². The normalized spacial score (nSPS) is 14.1. The summed E-state index contributed by atoms with van der Waals surface area (Å²) in [6.45, 7) is 1.63. The number of aliphatic hydroxyl groups is 1. The van der Waals surface area contributed by atoms with Crippen molar-refractivity contribution in [2.75, 3.05) is 0 Å². The van der Waals surface area contributed by atoms with Gasteiger partial charge in [0.15, 0.2) is 0 Å². The van der Waals surface area contributed by atoms with Gasteiger partial charge in [0.2, 0.25) is 0 Å². The molecule has 2 aromatic rings. The highest BCUT2D eigenvalue weighted by Crippen LogP contribution is 2.25. The van der Waals surface area contributed by atoms with E-state index in [-0.39, 0.29) is 0 Å². The fourth-order valence-electron chi connectivity index (χ4n) is 1.84. The van der Waals surface area contributed by atoms with E-state index in [1.807, 2.05) is 0 Å². The zero-order valence-electron chi connectivity index (χ0n) is 10.00. The molecular formula is C14H15NO3. The van der Waals surface area contributed by atoms with Gasteiger partial charge in [0.1, 0.15) is 6.10 Å². The Kier molecular flexibility index (Phi) is 3.48. The Hall–Kier alpha value is -2.07. The van der Waals surface area contributed by atoms with Gasteiger partial charge in [-0.2, -0.15) is 0 Å². The summed E-state index contributed by atoms with van der Waals surface area (Å²) in [4.78, 5) is 13.8. The minimum absolute atomic E-state index is 0.580. The molecule has 1 aromatic carbocycles. The Labute approximate surface area is 105 Å². The van der Waals surface area contributed by atoms with Crippen LogP contribution in [0.15, 0.2) is 42.7 Å². The Morgan fingerprint density at radius 1 is 1.22 bits per heavy atom. The number of carbonyl (C=O) groups is 1. The lowest BCUT2D eigenvalue weighted by Crippen LogP contribution is -2.08. The number of aliphatic hydroxyl groups excluding tert-OH is 1. The lowest BCUT2D eigenvalue weighted by atomic mass is 9.96. The Balaban J connectivity index is 2.30. The molecule has 0 aliphatic carbocycles. The number of aromatic nitrogens is 1. The van der Waals surface area contributed by atoms with Crippen LogP contribution in [-0.2, 0) is 4.79 Å². The van der Waals surface area contributed by atoms with E-state index in [4.69, 9.17) is 5.11 Å². The maximum Gasteiger partial charge on any atom is 0.310 e. The number of benzene rings is 1. The Morgan fingerprint density at radius 2 is 1.94 bits per heavy atom. The molecule has 4 nitrogen and oxygen atoms in total. The fraction of sp³-hybridized carbons (Fsp3) is 0.214. The second-order valence-corrected chi connectivity index (χ2v) is 4.28. The fourth-order valence-corrected chi connectivity index (χ4v) is 1.84. The third kappa shape index (κ3) is 2.43. The summed E-state index contributed by atoms with van der Waals surface area (Å²) >= 11 is 0. The quantitative estimate of drug-likeness (QED) is 0.773. The first-order valence-corrected chi connectivity index (χ1v) is 5.73. The zero-order valence-corrected chi connectivity index (χ0v) is 10.00. The van der Waals surface area contributed by atoms with Gasteiger partial charge in [-0.1, -0.05) is 24.3 Å². The number of H-pyrrole nitrogens is 1. The summed E-state index contributed by atoms with van der Waals surface area (Å²) in [6, 6.07) is 8.83. The van der Waals surface area contributed by atoms with Crippen LogP contribution in [0.1, 0.15) is 35.6 Å². The molecule has 4 heteroatoms. The van der Waals surface area contributed by atoms with E-state index in [0.29, 0.717) is 11.1 Å². The molecule has 1 heterocycles. The number of aliphatic carboxylic acids is 1. The van der Waals surface area contributed by atoms with Crippen molar-refractivity contribution in [2.45, 2.75) is 18.9 Å². The van der Waals surface area contributed by atoms with Crippen LogP contribution >= 0.6 is 0 Å². The third-order valence-electron chi connectivity index (χ3n) is 3.03. The molecule has 2 rings (SSSR count). The summed E-state index contributed by atoms with van der Waals surface area (Å²) < 4.78 is 0. The molecule has 1 aromatic heterocycles. The van der Waals surface area contributed by atoms with E-state index >= 15 is 0 Å². The van der Waals surface area contributed by atoms with Crippen molar-refractivity contribution in [1.29, 1.82) is 0 Å². The lowest BCUT2D eigenvalue weighted by molar-refractivity contribution is -0.138. The monoisotopic (exact) mass is 245 g/mol. The Bertz CT molecular complexity index is 534. The van der Waals surface area contributed by atoms with Gasteiger partial charge in [-0.3, -0.25) is 4.79 Å². The minimum Gasteiger partial charge on any atom is -0.481 e. The van der Waals surface area contributed by atoms with Crippen LogP contribution < -0.4 is 0 Å². The number of hydrogen-bond donors (Lipinski definition) is 3. The summed E-state index contributed by atoms with van der Waals surface area (Å²) in [5, 5.41) is 19.1. The van der Waals surface area contributed by atoms with Crippen molar-refractivity contribution in [3.63, 3.8) is 0 Å². The number of carboxylic acid groups (broad SMARTS) is 1. The van der Waals surface area contributed by atoms with Crippen LogP contribution in [0.3, 0.4) is 0 Å². The molecule has 0 saturated heterocycles. The molecule has 2 unspecified atom stereocenters. The van der Waals surface area contributed by atoms with Crippen LogP contribution in [-0.4, -0.2) is 21.2 Å². The molecule has 2 atom stereocenters. The number of carboxylic acids is 1. The van der Waals surface area contributed by atoms with Crippen molar-refractivity contribution < 1.29 is 15.0 Å². The molecule has 0 aliphatic heterocycles. The van der Waals surface area contributed by atoms with Gasteiger partial charge in [0, 0.05) is 18.0 Å². The molecule has 3 N–H and O–H groups in total. The molecule has 0 bridgehead atoms. The maximum absolute atomic E-state index is 10.9. The van der Waals surface area contributed by atoms with Crippen molar-refractivity contribution in [1.82, 2.24) is 4.98 Å². The summed E-state index contributed by atoms with van der Waals surface area (Å²) in [5.74, 6) is -1.45. The predicted molar refractivity (Wildman–Crippen MR) is 67.3 cm³/mol. The maximum atomic E-state index is 10.9. The van der Waals surface area contributed by atoms with Gasteiger partial charge in [0.25, 0.3) is 0 Å². The van der Waals surface area contributed by atoms with E-state index in [0.717, 1.165) is 5.56 Å². The first-order valence-electron chi connectivity index (χ1n) is 5.73. The summed E-state index contributed by atoms with van der Waals surface area (Å²) in [6.07, 6.45) is 2.72. The highest BCUT2D eigenvalue weighted by Gasteiger charge is 2.16. The van der Waals surface area contributed by atoms with Crippen LogP contribution in [0.2, 0.25) is 0 Å². The smallest absolute Gasteiger partial charge is 0.310 e. The minimum atomic E-state index is -0.872. The van der Waals surface area contributed by atoms with Crippen molar-refractivity contribution >= 4 is 5.97 Å². The van der Waals surface area contributed by atoms with Crippen molar-refractivity contribution in [2.24, 2.45) is 0 Å². The van der Waals surface area contributed by atoms with Gasteiger partial charge in [-0.05, 0) is 24.1 Å². The van der Waals surface area contributed by atoms with Gasteiger partial charge in [0.05, 0.1) is 5.92 Å². The molecule has 0 spiro atoms. The highest BCUT2D eigenvalue weighted by molar-refractivity contribution is 5.75. The first-order chi connectivity index (χ1) is 8.59. The number of nitrogens with one attached hydrogen (secondary N) is 1. The van der Waals surface area contributed by atoms with Crippen LogP contribution in [0.25, 0.3) is 0 Å². The molecule has 18 heavy (non-hydrogen) atoms. The molecule has 0 aliphatic rings. The topological polar surface area (TPSA) is 73.3 Å². The van der Waals surface area contributed by atoms with Crippen molar-refractivity contribution in [3.05, 3.63) is 59.4 Å². The molecule has 94 valence electrons. The Morgan fingerprint density at radius 3 is 2.56 bits per heavy atom. The van der Waals surface area contributed by atoms with E-state index in [9.17, 15) is 9.90 Å². The molecule has 0 fully saturated rings. The lowest BCUT2D eigenvalue weighted by Gasteiger charge is -2.12. The standard InChI is InChI=1S/C14H15NO3/c1-9(14(17)18)10-3-2-4-11(7-10)13(16)12-5-6-15-8-12/h2-9,13,15-16H,1H3,(H,17,18). The number of rotatable bonds is 4. The van der Waals surface area contributed by atoms with Crippen LogP contribution in [0.4, 0.5) is 0 Å². The summed E-state index contributed by atoms with van der Waals surface area (Å²) in [7, 11) is 0. The van der Waals surface area contributed by atoms with Gasteiger partial charge in [-0.25, -0.2) is 0 Å². The molecule has 0 saturated carbocycles. The molecule has 0 radical (unpaired) electrons. The van der Waals surface area contributed by atoms with E-state index < -0.39 is 18.0 Å². The third-order valence-corrected chi connectivity index (χ3v) is 3.03. The first kappa shape index (κ1) is 12.4. The average Bonchev–Trinajstić information content (AvgIpc) is 2.91. The van der Waals surface area contributed by atoms with E-state index in [2.05, 4.69) is 4.98 Å². The largest absolute Gasteiger partial charge is 0.481 e. The van der Waals surface area contributed by atoms with Crippen LogP contribution in [0.5, 0.6) is 0 Å². The van der Waals surface area contributed by atoms with E-state index in [1.54, 1.807) is 49.6 Å². The van der Waals surface area contributed by atoms with Gasteiger partial charge in [-0.15, -0.1) is 0 Å². The number of hydrogen-bond acceptors (Lipinski definition) is 2. The summed E-state index contributed by atoms with van der Waals surface area (Å²) in [5.41, 5.74) is 2.14. The molecular weight excluding hydrogens is 230 g/mol. The van der Waals surface area contributed by atoms with Gasteiger partial charge < -0.3 is 15.2 Å². The predicted octanol–water partition coefficient (Wildman–Crippen LogP) is 2.28. The zero-order chi connectivity index (χ0) is 13.1. The molecule has 0 amide bonds. The SMILES string of the molecule is CC(C(=O)O)c1cccc(C(O)c2cc[nH]c2)c1. The van der Waals surface area contributed by atoms with Crippen molar-refractivity contribution in [3.8, 4) is 0 Å². The highest BCUT2D eigenvalue weighted by atomic mass is 16.4. The number of aromatic amines is 1. The van der Waals surface area contributed by atoms with Crippen LogP contribution in [0, 0.1) is 0 Å². The average molecular weight is 245 g/mol. The second-order valence-electron chi connectivity index (χ2n) is 4.28.